The Balaban J connectivity index is 2.30. The van der Waals surface area contributed by atoms with Gasteiger partial charge in [0, 0.05) is 23.1 Å². The predicted octanol–water partition coefficient (Wildman–Crippen LogP) is 2.58. The summed E-state index contributed by atoms with van der Waals surface area (Å²) in [6, 6.07) is 5.86. The summed E-state index contributed by atoms with van der Waals surface area (Å²) in [4.78, 5) is 2.29. The van der Waals surface area contributed by atoms with Gasteiger partial charge in [0.2, 0.25) is 0 Å². The van der Waals surface area contributed by atoms with Gasteiger partial charge in [0.15, 0.2) is 0 Å². The third-order valence-electron chi connectivity index (χ3n) is 3.23. The van der Waals surface area contributed by atoms with Crippen molar-refractivity contribution in [1.29, 1.82) is 0 Å². The molecule has 1 aromatic rings. The van der Waals surface area contributed by atoms with E-state index in [0.29, 0.717) is 10.0 Å². The van der Waals surface area contributed by atoms with Gasteiger partial charge in [-0.1, -0.05) is 23.2 Å². The first-order valence-corrected chi connectivity index (χ1v) is 6.80. The molecule has 0 aromatic heterocycles. The Labute approximate surface area is 118 Å². The number of rotatable bonds is 3. The van der Waals surface area contributed by atoms with Crippen LogP contribution >= 0.6 is 23.2 Å². The fourth-order valence-corrected chi connectivity index (χ4v) is 2.99. The van der Waals surface area contributed by atoms with Crippen molar-refractivity contribution in [3.8, 4) is 0 Å². The van der Waals surface area contributed by atoms with Gasteiger partial charge in [-0.3, -0.25) is 4.90 Å². The minimum absolute atomic E-state index is 0.114. The van der Waals surface area contributed by atoms with E-state index in [2.05, 4.69) is 17.3 Å². The van der Waals surface area contributed by atoms with Crippen molar-refractivity contribution >= 4 is 23.2 Å². The molecule has 0 saturated carbocycles. The fraction of sp³-hybridized carbons (Fsp3) is 0.538. The van der Waals surface area contributed by atoms with Gasteiger partial charge in [-0.25, -0.2) is 0 Å². The molecule has 0 aliphatic carbocycles. The van der Waals surface area contributed by atoms with Gasteiger partial charge in [-0.05, 0) is 37.9 Å². The molecule has 100 valence electrons. The Hall–Kier alpha value is -0.320. The summed E-state index contributed by atoms with van der Waals surface area (Å²) < 4.78 is 5.85. The fourth-order valence-electron chi connectivity index (χ4n) is 2.45. The zero-order valence-corrected chi connectivity index (χ0v) is 12.1. The number of nitrogens with zero attached hydrogens (tertiary/aromatic N) is 1. The maximum absolute atomic E-state index is 6.08. The highest BCUT2D eigenvalue weighted by atomic mass is 35.5. The van der Waals surface area contributed by atoms with Gasteiger partial charge in [0.1, 0.15) is 0 Å². The normalized spacial score (nSPS) is 25.3. The average Bonchev–Trinajstić information content (AvgIpc) is 2.28. The minimum atomic E-state index is 0.114. The molecule has 2 atom stereocenters. The van der Waals surface area contributed by atoms with Crippen molar-refractivity contribution in [2.75, 3.05) is 33.8 Å². The Morgan fingerprint density at radius 3 is 2.61 bits per heavy atom. The van der Waals surface area contributed by atoms with Crippen molar-refractivity contribution < 1.29 is 4.74 Å². The highest BCUT2D eigenvalue weighted by molar-refractivity contribution is 6.34. The molecule has 1 saturated heterocycles. The molecule has 1 aliphatic heterocycles. The Morgan fingerprint density at radius 1 is 1.33 bits per heavy atom. The number of hydrogen-bond donors (Lipinski definition) is 1. The predicted molar refractivity (Wildman–Crippen MR) is 75.5 cm³/mol. The van der Waals surface area contributed by atoms with E-state index in [1.165, 1.54) is 0 Å². The third kappa shape index (κ3) is 3.16. The van der Waals surface area contributed by atoms with Gasteiger partial charge in [0.25, 0.3) is 0 Å². The van der Waals surface area contributed by atoms with Crippen LogP contribution in [0.15, 0.2) is 18.2 Å². The second-order valence-corrected chi connectivity index (χ2v) is 5.47. The van der Waals surface area contributed by atoms with E-state index in [9.17, 15) is 0 Å². The van der Waals surface area contributed by atoms with E-state index >= 15 is 0 Å². The molecule has 18 heavy (non-hydrogen) atoms. The van der Waals surface area contributed by atoms with Crippen LogP contribution in [-0.2, 0) is 4.74 Å². The summed E-state index contributed by atoms with van der Waals surface area (Å²) in [5, 5.41) is 4.50. The summed E-state index contributed by atoms with van der Waals surface area (Å²) in [5.41, 5.74) is 1.11. The number of morpholine rings is 1. The Bertz CT molecular complexity index is 392. The molecule has 0 bridgehead atoms. The van der Waals surface area contributed by atoms with Crippen LogP contribution < -0.4 is 5.32 Å². The molecule has 0 spiro atoms. The quantitative estimate of drug-likeness (QED) is 0.925. The molecule has 0 amide bonds. The summed E-state index contributed by atoms with van der Waals surface area (Å²) >= 11 is 12.2. The van der Waals surface area contributed by atoms with Crippen LogP contribution in [0, 0.1) is 0 Å². The van der Waals surface area contributed by atoms with E-state index in [4.69, 9.17) is 27.9 Å². The van der Waals surface area contributed by atoms with Gasteiger partial charge in [0.05, 0.1) is 18.8 Å². The van der Waals surface area contributed by atoms with E-state index < -0.39 is 0 Å². The monoisotopic (exact) mass is 288 g/mol. The number of halogens is 2. The van der Waals surface area contributed by atoms with E-state index in [0.717, 1.165) is 25.3 Å². The molecule has 2 rings (SSSR count). The highest BCUT2D eigenvalue weighted by Crippen LogP contribution is 2.31. The van der Waals surface area contributed by atoms with Crippen molar-refractivity contribution in [1.82, 2.24) is 10.2 Å². The first kappa shape index (κ1) is 14.1. The van der Waals surface area contributed by atoms with Gasteiger partial charge >= 0.3 is 0 Å². The first-order chi connectivity index (χ1) is 8.61. The van der Waals surface area contributed by atoms with Crippen molar-refractivity contribution in [3.05, 3.63) is 33.8 Å². The highest BCUT2D eigenvalue weighted by Gasteiger charge is 2.31. The molecule has 0 radical (unpaired) electrons. The second-order valence-electron chi connectivity index (χ2n) is 4.60. The SMILES string of the molecule is CNCC1OCCN(C)C1c1cc(Cl)cc(Cl)c1. The number of nitrogens with one attached hydrogen (secondary N) is 1. The molecule has 1 fully saturated rings. The molecule has 2 unspecified atom stereocenters. The molecular weight excluding hydrogens is 271 g/mol. The van der Waals surface area contributed by atoms with Crippen LogP contribution in [0.1, 0.15) is 11.6 Å². The van der Waals surface area contributed by atoms with Crippen molar-refractivity contribution in [2.45, 2.75) is 12.1 Å². The van der Waals surface area contributed by atoms with Crippen LogP contribution in [0.2, 0.25) is 10.0 Å². The summed E-state index contributed by atoms with van der Waals surface area (Å²) in [6.07, 6.45) is 0.114. The zero-order valence-electron chi connectivity index (χ0n) is 10.6. The van der Waals surface area contributed by atoms with E-state index in [1.807, 2.05) is 19.2 Å². The van der Waals surface area contributed by atoms with E-state index in [-0.39, 0.29) is 12.1 Å². The lowest BCUT2D eigenvalue weighted by atomic mass is 9.98. The second kappa shape index (κ2) is 6.22. The summed E-state index contributed by atoms with van der Waals surface area (Å²) in [5.74, 6) is 0. The minimum Gasteiger partial charge on any atom is -0.374 e. The van der Waals surface area contributed by atoms with Gasteiger partial charge in [-0.15, -0.1) is 0 Å². The van der Waals surface area contributed by atoms with Crippen molar-refractivity contribution in [2.24, 2.45) is 0 Å². The Morgan fingerprint density at radius 2 is 2.00 bits per heavy atom. The smallest absolute Gasteiger partial charge is 0.0896 e. The topological polar surface area (TPSA) is 24.5 Å². The average molecular weight is 289 g/mol. The first-order valence-electron chi connectivity index (χ1n) is 6.04. The van der Waals surface area contributed by atoms with Crippen LogP contribution in [-0.4, -0.2) is 44.8 Å². The zero-order chi connectivity index (χ0) is 13.1. The molecule has 1 N–H and O–H groups in total. The van der Waals surface area contributed by atoms with Gasteiger partial charge in [-0.2, -0.15) is 0 Å². The molecular formula is C13H18Cl2N2O. The molecule has 5 heteroatoms. The maximum Gasteiger partial charge on any atom is 0.0896 e. The van der Waals surface area contributed by atoms with E-state index in [1.54, 1.807) is 6.07 Å². The Kier molecular flexibility index (Phi) is 4.87. The summed E-state index contributed by atoms with van der Waals surface area (Å²) in [6.45, 7) is 2.47. The number of benzene rings is 1. The number of likely N-dealkylation sites (N-methyl/N-ethyl adjacent to an activating group) is 2. The molecule has 3 nitrogen and oxygen atoms in total. The van der Waals surface area contributed by atoms with Crippen LogP contribution in [0.5, 0.6) is 0 Å². The molecule has 1 heterocycles. The molecule has 1 aliphatic rings. The number of hydrogen-bond acceptors (Lipinski definition) is 3. The van der Waals surface area contributed by atoms with Gasteiger partial charge < -0.3 is 10.1 Å². The summed E-state index contributed by atoms with van der Waals surface area (Å²) in [7, 11) is 4.03. The van der Waals surface area contributed by atoms with Crippen LogP contribution in [0.4, 0.5) is 0 Å². The van der Waals surface area contributed by atoms with Crippen LogP contribution in [0.25, 0.3) is 0 Å². The lowest BCUT2D eigenvalue weighted by molar-refractivity contribution is -0.0606. The molecule has 1 aromatic carbocycles. The standard InChI is InChI=1S/C13H18Cl2N2O/c1-16-8-12-13(17(2)3-4-18-12)9-5-10(14)7-11(15)6-9/h5-7,12-13,16H,3-4,8H2,1-2H3. The lowest BCUT2D eigenvalue weighted by Crippen LogP contribution is -2.46. The van der Waals surface area contributed by atoms with Crippen molar-refractivity contribution in [3.63, 3.8) is 0 Å². The largest absolute Gasteiger partial charge is 0.374 e. The maximum atomic E-state index is 6.08. The third-order valence-corrected chi connectivity index (χ3v) is 3.67. The van der Waals surface area contributed by atoms with Crippen LogP contribution in [0.3, 0.4) is 0 Å². The lowest BCUT2D eigenvalue weighted by Gasteiger charge is -2.39. The number of ether oxygens (including phenoxy) is 1.